The number of hydrogen-bond acceptors (Lipinski definition) is 4. The van der Waals surface area contributed by atoms with E-state index >= 15 is 0 Å². The Morgan fingerprint density at radius 2 is 2.25 bits per heavy atom. The van der Waals surface area contributed by atoms with Crippen LogP contribution in [0.25, 0.3) is 0 Å². The number of anilines is 2. The molecule has 4 N–H and O–H groups in total. The van der Waals surface area contributed by atoms with Gasteiger partial charge in [-0.25, -0.2) is 4.98 Å². The topological polar surface area (TPSA) is 69.9 Å². The largest absolute Gasteiger partial charge is 0.385 e. The number of nitrogens with zero attached hydrogens (tertiary/aromatic N) is 2. The Hall–Kier alpha value is -1.10. The Bertz CT molecular complexity index is 331. The molecule has 0 aromatic carbocycles. The molecule has 1 rings (SSSR count). The zero-order valence-corrected chi connectivity index (χ0v) is 7.77. The first kappa shape index (κ1) is 8.99. The van der Waals surface area contributed by atoms with Gasteiger partial charge in [0.05, 0.1) is 0 Å². The van der Waals surface area contributed by atoms with Crippen molar-refractivity contribution >= 4 is 23.9 Å². The highest BCUT2D eigenvalue weighted by atomic mass is 32.1. The summed E-state index contributed by atoms with van der Waals surface area (Å²) >= 11 is 4.98. The monoisotopic (exact) mass is 184 g/mol. The number of aromatic nitrogens is 2. The fourth-order valence-electron chi connectivity index (χ4n) is 0.991. The van der Waals surface area contributed by atoms with E-state index < -0.39 is 0 Å². The molecule has 4 nitrogen and oxygen atoms in total. The van der Waals surface area contributed by atoms with Crippen molar-refractivity contribution in [1.29, 1.82) is 0 Å². The van der Waals surface area contributed by atoms with Crippen molar-refractivity contribution in [1.82, 2.24) is 9.55 Å². The van der Waals surface area contributed by atoms with E-state index in [4.69, 9.17) is 23.7 Å². The molecule has 0 bridgehead atoms. The molecule has 0 aliphatic carbocycles. The fourth-order valence-corrected chi connectivity index (χ4v) is 1.29. The number of nitrogen functional groups attached to an aromatic ring is 2. The van der Waals surface area contributed by atoms with Gasteiger partial charge in [-0.15, -0.1) is 0 Å². The van der Waals surface area contributed by atoms with Crippen LogP contribution in [0.1, 0.15) is 13.3 Å². The second kappa shape index (κ2) is 3.53. The average molecular weight is 184 g/mol. The van der Waals surface area contributed by atoms with Gasteiger partial charge in [0.2, 0.25) is 4.77 Å². The lowest BCUT2D eigenvalue weighted by atomic mass is 10.4. The highest BCUT2D eigenvalue weighted by molar-refractivity contribution is 7.71. The number of hydrogen-bond donors (Lipinski definition) is 2. The molecule has 0 amide bonds. The van der Waals surface area contributed by atoms with Crippen LogP contribution in [0.15, 0.2) is 6.07 Å². The van der Waals surface area contributed by atoms with Gasteiger partial charge in [0.15, 0.2) is 0 Å². The first-order chi connectivity index (χ1) is 5.65. The zero-order chi connectivity index (χ0) is 9.14. The molecule has 0 atom stereocenters. The molecule has 1 aromatic heterocycles. The maximum absolute atomic E-state index is 5.68. The second-order valence-corrected chi connectivity index (χ2v) is 2.91. The van der Waals surface area contributed by atoms with Gasteiger partial charge in [0.1, 0.15) is 11.6 Å². The summed E-state index contributed by atoms with van der Waals surface area (Å²) in [4.78, 5) is 3.93. The summed E-state index contributed by atoms with van der Waals surface area (Å²) in [6.45, 7) is 2.84. The van der Waals surface area contributed by atoms with E-state index in [9.17, 15) is 0 Å². The van der Waals surface area contributed by atoms with Crippen LogP contribution in [0.3, 0.4) is 0 Å². The molecule has 0 unspecified atom stereocenters. The van der Waals surface area contributed by atoms with Crippen LogP contribution in [0.4, 0.5) is 11.6 Å². The Balaban J connectivity index is 3.19. The van der Waals surface area contributed by atoms with Gasteiger partial charge in [-0.05, 0) is 18.6 Å². The molecular weight excluding hydrogens is 172 g/mol. The molecule has 0 fully saturated rings. The molecule has 1 aromatic rings. The summed E-state index contributed by atoms with van der Waals surface area (Å²) in [5.41, 5.74) is 11.1. The van der Waals surface area contributed by atoms with E-state index in [1.165, 1.54) is 0 Å². The summed E-state index contributed by atoms with van der Waals surface area (Å²) in [5, 5.41) is 0. The van der Waals surface area contributed by atoms with E-state index in [2.05, 4.69) is 11.9 Å². The number of nitrogens with two attached hydrogens (primary N) is 2. The lowest BCUT2D eigenvalue weighted by molar-refractivity contribution is 0.662. The van der Waals surface area contributed by atoms with E-state index in [-0.39, 0.29) is 0 Å². The van der Waals surface area contributed by atoms with E-state index in [1.54, 1.807) is 10.6 Å². The van der Waals surface area contributed by atoms with Gasteiger partial charge in [-0.2, -0.15) is 0 Å². The molecular formula is C7H12N4S. The van der Waals surface area contributed by atoms with Gasteiger partial charge in [0, 0.05) is 12.6 Å². The van der Waals surface area contributed by atoms with E-state index in [0.29, 0.717) is 16.4 Å². The molecule has 1 heterocycles. The molecule has 0 spiro atoms. The van der Waals surface area contributed by atoms with Crippen molar-refractivity contribution in [2.24, 2.45) is 0 Å². The third-order valence-corrected chi connectivity index (χ3v) is 1.82. The highest BCUT2D eigenvalue weighted by Crippen LogP contribution is 2.08. The van der Waals surface area contributed by atoms with Crippen LogP contribution < -0.4 is 11.5 Å². The van der Waals surface area contributed by atoms with Crippen LogP contribution in [-0.2, 0) is 6.54 Å². The van der Waals surface area contributed by atoms with Gasteiger partial charge in [-0.1, -0.05) is 6.92 Å². The predicted octanol–water partition coefficient (Wildman–Crippen LogP) is 1.19. The van der Waals surface area contributed by atoms with Crippen molar-refractivity contribution < 1.29 is 0 Å². The third-order valence-electron chi connectivity index (χ3n) is 1.51. The van der Waals surface area contributed by atoms with Crippen LogP contribution in [0.2, 0.25) is 0 Å². The van der Waals surface area contributed by atoms with Crippen LogP contribution in [0.5, 0.6) is 0 Å². The summed E-state index contributed by atoms with van der Waals surface area (Å²) in [6, 6.07) is 1.62. The Morgan fingerprint density at radius 1 is 1.58 bits per heavy atom. The molecule has 0 aliphatic heterocycles. The summed E-state index contributed by atoms with van der Waals surface area (Å²) in [7, 11) is 0. The molecule has 12 heavy (non-hydrogen) atoms. The van der Waals surface area contributed by atoms with Gasteiger partial charge < -0.3 is 16.0 Å². The van der Waals surface area contributed by atoms with Crippen molar-refractivity contribution in [2.75, 3.05) is 11.5 Å². The van der Waals surface area contributed by atoms with Crippen LogP contribution in [0, 0.1) is 4.77 Å². The minimum absolute atomic E-state index is 0.379. The van der Waals surface area contributed by atoms with Gasteiger partial charge >= 0.3 is 0 Å². The molecule has 0 radical (unpaired) electrons. The van der Waals surface area contributed by atoms with Crippen molar-refractivity contribution in [2.45, 2.75) is 19.9 Å². The summed E-state index contributed by atoms with van der Waals surface area (Å²) < 4.78 is 2.22. The quantitative estimate of drug-likeness (QED) is 0.677. The Morgan fingerprint density at radius 3 is 2.75 bits per heavy atom. The molecule has 0 saturated heterocycles. The van der Waals surface area contributed by atoms with E-state index in [0.717, 1.165) is 13.0 Å². The Kier molecular flexibility index (Phi) is 2.65. The van der Waals surface area contributed by atoms with Crippen molar-refractivity contribution in [3.63, 3.8) is 0 Å². The number of rotatable bonds is 2. The minimum Gasteiger partial charge on any atom is -0.385 e. The molecule has 66 valence electrons. The van der Waals surface area contributed by atoms with Crippen LogP contribution >= 0.6 is 12.2 Å². The fraction of sp³-hybridized carbons (Fsp3) is 0.429. The SMILES string of the molecule is CCCn1c(N)cc(N)nc1=S. The first-order valence-corrected chi connectivity index (χ1v) is 4.18. The lowest BCUT2D eigenvalue weighted by Crippen LogP contribution is -2.09. The zero-order valence-electron chi connectivity index (χ0n) is 6.95. The molecule has 0 aliphatic rings. The van der Waals surface area contributed by atoms with Crippen LogP contribution in [-0.4, -0.2) is 9.55 Å². The maximum atomic E-state index is 5.68. The molecule has 5 heteroatoms. The summed E-state index contributed by atoms with van der Waals surface area (Å²) in [6.07, 6.45) is 0.976. The normalized spacial score (nSPS) is 10.1. The molecule has 0 saturated carbocycles. The smallest absolute Gasteiger partial charge is 0.202 e. The first-order valence-electron chi connectivity index (χ1n) is 3.78. The van der Waals surface area contributed by atoms with Gasteiger partial charge in [-0.3, -0.25) is 0 Å². The lowest BCUT2D eigenvalue weighted by Gasteiger charge is -2.08. The Labute approximate surface area is 76.2 Å². The standard InChI is InChI=1S/C7H12N4S/c1-2-3-11-6(9)4-5(8)10-7(11)12/h4H,2-3,9H2,1H3,(H2,8,10,12). The second-order valence-electron chi connectivity index (χ2n) is 2.54. The van der Waals surface area contributed by atoms with Crippen molar-refractivity contribution in [3.05, 3.63) is 10.8 Å². The predicted molar refractivity (Wildman–Crippen MR) is 52.2 cm³/mol. The van der Waals surface area contributed by atoms with Crippen molar-refractivity contribution in [3.8, 4) is 0 Å². The summed E-state index contributed by atoms with van der Waals surface area (Å²) in [5.74, 6) is 0.958. The van der Waals surface area contributed by atoms with E-state index in [1.807, 2.05) is 0 Å². The maximum Gasteiger partial charge on any atom is 0.202 e. The average Bonchev–Trinajstić information content (AvgIpc) is 1.96. The minimum atomic E-state index is 0.379. The third kappa shape index (κ3) is 1.73. The van der Waals surface area contributed by atoms with Gasteiger partial charge in [0.25, 0.3) is 0 Å². The highest BCUT2D eigenvalue weighted by Gasteiger charge is 1.98.